The van der Waals surface area contributed by atoms with E-state index in [0.29, 0.717) is 29.4 Å². The van der Waals surface area contributed by atoms with Crippen molar-refractivity contribution in [3.63, 3.8) is 0 Å². The molecule has 1 rings (SSSR count). The molecule has 0 saturated heterocycles. The first-order valence-electron chi connectivity index (χ1n) is 6.28. The molecule has 0 aliphatic carbocycles. The highest BCUT2D eigenvalue weighted by Crippen LogP contribution is 2.17. The van der Waals surface area contributed by atoms with Crippen molar-refractivity contribution >= 4 is 17.3 Å². The fourth-order valence-electron chi connectivity index (χ4n) is 1.52. The summed E-state index contributed by atoms with van der Waals surface area (Å²) in [6, 6.07) is 6.69. The molecule has 0 aromatic heterocycles. The van der Waals surface area contributed by atoms with Gasteiger partial charge in [0.05, 0.1) is 5.56 Å². The van der Waals surface area contributed by atoms with Crippen molar-refractivity contribution in [3.05, 3.63) is 23.8 Å². The van der Waals surface area contributed by atoms with Crippen LogP contribution in [0.5, 0.6) is 0 Å². The van der Waals surface area contributed by atoms with Crippen molar-refractivity contribution in [1.29, 1.82) is 5.26 Å². The molecule has 19 heavy (non-hydrogen) atoms. The molecule has 1 atom stereocenters. The summed E-state index contributed by atoms with van der Waals surface area (Å²) in [5, 5.41) is 14.8. The first kappa shape index (κ1) is 14.8. The first-order valence-corrected chi connectivity index (χ1v) is 6.28. The second-order valence-electron chi connectivity index (χ2n) is 4.92. The summed E-state index contributed by atoms with van der Waals surface area (Å²) >= 11 is 0. The molecule has 0 bridgehead atoms. The number of carbonyl (C=O) groups excluding carboxylic acids is 1. The number of benzene rings is 1. The lowest BCUT2D eigenvalue weighted by Gasteiger charge is -2.16. The topological polar surface area (TPSA) is 90.9 Å². The predicted octanol–water partition coefficient (Wildman–Crippen LogP) is 1.71. The lowest BCUT2D eigenvalue weighted by atomic mass is 10.1. The van der Waals surface area contributed by atoms with Crippen LogP contribution >= 0.6 is 0 Å². The molecule has 102 valence electrons. The van der Waals surface area contributed by atoms with Gasteiger partial charge in [-0.15, -0.1) is 0 Å². The van der Waals surface area contributed by atoms with Gasteiger partial charge in [0.1, 0.15) is 12.1 Å². The summed E-state index contributed by atoms with van der Waals surface area (Å²) in [4.78, 5) is 11.8. The molecule has 4 N–H and O–H groups in total. The molecule has 5 nitrogen and oxygen atoms in total. The number of carbonyl (C=O) groups is 1. The number of nitrogens with one attached hydrogen (secondary N) is 2. The molecule has 0 fully saturated rings. The van der Waals surface area contributed by atoms with Crippen molar-refractivity contribution in [3.8, 4) is 6.07 Å². The highest BCUT2D eigenvalue weighted by molar-refractivity contribution is 5.84. The zero-order valence-corrected chi connectivity index (χ0v) is 11.5. The molecule has 0 heterocycles. The number of amides is 1. The van der Waals surface area contributed by atoms with Gasteiger partial charge in [-0.1, -0.05) is 13.8 Å². The van der Waals surface area contributed by atoms with Crippen LogP contribution in [0.15, 0.2) is 18.2 Å². The van der Waals surface area contributed by atoms with E-state index in [2.05, 4.69) is 10.6 Å². The number of nitrogens with two attached hydrogens (primary N) is 1. The minimum Gasteiger partial charge on any atom is -0.398 e. The SMILES string of the molecule is CC(C)CNC(=O)C(C)Nc1ccc(N)c(C#N)c1. The third-order valence-electron chi connectivity index (χ3n) is 2.63. The number of anilines is 2. The summed E-state index contributed by atoms with van der Waals surface area (Å²) in [6.45, 7) is 6.50. The molecular formula is C14H20N4O. The molecular weight excluding hydrogens is 240 g/mol. The van der Waals surface area contributed by atoms with Crippen LogP contribution in [0.2, 0.25) is 0 Å². The van der Waals surface area contributed by atoms with Gasteiger partial charge in [-0.2, -0.15) is 5.26 Å². The Labute approximate surface area is 113 Å². The van der Waals surface area contributed by atoms with E-state index < -0.39 is 0 Å². The molecule has 1 amide bonds. The molecule has 1 aromatic rings. The normalized spacial score (nSPS) is 11.7. The molecule has 0 spiro atoms. The maximum atomic E-state index is 11.8. The van der Waals surface area contributed by atoms with E-state index in [1.807, 2.05) is 19.9 Å². The van der Waals surface area contributed by atoms with E-state index >= 15 is 0 Å². The van der Waals surface area contributed by atoms with E-state index in [1.54, 1.807) is 25.1 Å². The van der Waals surface area contributed by atoms with Crippen molar-refractivity contribution in [2.24, 2.45) is 5.92 Å². The Kier molecular flexibility index (Phi) is 5.19. The number of nitrogen functional groups attached to an aromatic ring is 1. The van der Waals surface area contributed by atoms with Gasteiger partial charge in [-0.3, -0.25) is 4.79 Å². The minimum absolute atomic E-state index is 0.0657. The molecule has 1 aromatic carbocycles. The average molecular weight is 260 g/mol. The Morgan fingerprint density at radius 1 is 1.42 bits per heavy atom. The minimum atomic E-state index is -0.367. The monoisotopic (exact) mass is 260 g/mol. The Morgan fingerprint density at radius 2 is 2.11 bits per heavy atom. The Balaban J connectivity index is 2.64. The summed E-state index contributed by atoms with van der Waals surface area (Å²) in [7, 11) is 0. The zero-order chi connectivity index (χ0) is 14.4. The van der Waals surface area contributed by atoms with Crippen LogP contribution in [-0.2, 0) is 4.79 Å². The van der Waals surface area contributed by atoms with Crippen LogP contribution in [0, 0.1) is 17.2 Å². The fourth-order valence-corrected chi connectivity index (χ4v) is 1.52. The zero-order valence-electron chi connectivity index (χ0n) is 11.5. The Hall–Kier alpha value is -2.22. The van der Waals surface area contributed by atoms with E-state index in [4.69, 9.17) is 11.0 Å². The Bertz CT molecular complexity index is 491. The molecule has 0 saturated carbocycles. The van der Waals surface area contributed by atoms with Crippen molar-refractivity contribution in [2.75, 3.05) is 17.6 Å². The number of nitrogens with zero attached hydrogens (tertiary/aromatic N) is 1. The third kappa shape index (κ3) is 4.51. The second-order valence-corrected chi connectivity index (χ2v) is 4.92. The molecule has 5 heteroatoms. The van der Waals surface area contributed by atoms with Gasteiger partial charge < -0.3 is 16.4 Å². The van der Waals surface area contributed by atoms with E-state index in [0.717, 1.165) is 0 Å². The maximum Gasteiger partial charge on any atom is 0.242 e. The lowest BCUT2D eigenvalue weighted by molar-refractivity contribution is -0.121. The lowest BCUT2D eigenvalue weighted by Crippen LogP contribution is -2.39. The Morgan fingerprint density at radius 3 is 2.68 bits per heavy atom. The van der Waals surface area contributed by atoms with Gasteiger partial charge in [0.2, 0.25) is 5.91 Å². The summed E-state index contributed by atoms with van der Waals surface area (Å²) in [5.74, 6) is 0.349. The standard InChI is InChI=1S/C14H20N4O/c1-9(2)8-17-14(19)10(3)18-12-4-5-13(16)11(6-12)7-15/h4-6,9-10,18H,8,16H2,1-3H3,(H,17,19). The molecule has 0 aliphatic rings. The van der Waals surface area contributed by atoms with E-state index in [-0.39, 0.29) is 11.9 Å². The quantitative estimate of drug-likeness (QED) is 0.703. The van der Waals surface area contributed by atoms with Crippen LogP contribution in [0.3, 0.4) is 0 Å². The number of nitriles is 1. The average Bonchev–Trinajstić information content (AvgIpc) is 2.37. The van der Waals surface area contributed by atoms with Crippen LogP contribution in [0.4, 0.5) is 11.4 Å². The molecule has 0 radical (unpaired) electrons. The van der Waals surface area contributed by atoms with Gasteiger partial charge in [0.15, 0.2) is 0 Å². The largest absolute Gasteiger partial charge is 0.398 e. The predicted molar refractivity (Wildman–Crippen MR) is 76.5 cm³/mol. The van der Waals surface area contributed by atoms with Crippen molar-refractivity contribution < 1.29 is 4.79 Å². The van der Waals surface area contributed by atoms with Crippen LogP contribution in [0.25, 0.3) is 0 Å². The first-order chi connectivity index (χ1) is 8.93. The van der Waals surface area contributed by atoms with E-state index in [9.17, 15) is 4.79 Å². The van der Waals surface area contributed by atoms with Crippen LogP contribution in [0.1, 0.15) is 26.3 Å². The molecule has 1 unspecified atom stereocenters. The summed E-state index contributed by atoms with van der Waals surface area (Å²) in [5.41, 5.74) is 7.19. The second kappa shape index (κ2) is 6.64. The van der Waals surface area contributed by atoms with Gasteiger partial charge in [0, 0.05) is 17.9 Å². The van der Waals surface area contributed by atoms with Crippen LogP contribution in [-0.4, -0.2) is 18.5 Å². The summed E-state index contributed by atoms with van der Waals surface area (Å²) < 4.78 is 0. The molecule has 0 aliphatic heterocycles. The number of hydrogen-bond donors (Lipinski definition) is 3. The third-order valence-corrected chi connectivity index (χ3v) is 2.63. The van der Waals surface area contributed by atoms with Gasteiger partial charge in [-0.25, -0.2) is 0 Å². The van der Waals surface area contributed by atoms with Crippen molar-refractivity contribution in [1.82, 2.24) is 5.32 Å². The highest BCUT2D eigenvalue weighted by atomic mass is 16.2. The maximum absolute atomic E-state index is 11.8. The summed E-state index contributed by atoms with van der Waals surface area (Å²) in [6.07, 6.45) is 0. The fraction of sp³-hybridized carbons (Fsp3) is 0.429. The smallest absolute Gasteiger partial charge is 0.242 e. The number of hydrogen-bond acceptors (Lipinski definition) is 4. The van der Waals surface area contributed by atoms with Gasteiger partial charge >= 0.3 is 0 Å². The number of rotatable bonds is 5. The van der Waals surface area contributed by atoms with Gasteiger partial charge in [-0.05, 0) is 31.0 Å². The highest BCUT2D eigenvalue weighted by Gasteiger charge is 2.13. The van der Waals surface area contributed by atoms with Crippen LogP contribution < -0.4 is 16.4 Å². The van der Waals surface area contributed by atoms with Gasteiger partial charge in [0.25, 0.3) is 0 Å². The van der Waals surface area contributed by atoms with E-state index in [1.165, 1.54) is 0 Å². The van der Waals surface area contributed by atoms with Crippen molar-refractivity contribution in [2.45, 2.75) is 26.8 Å².